The minimum Gasteiger partial charge on any atom is -0.497 e. The molecule has 1 N–H and O–H groups in total. The molecule has 1 aliphatic heterocycles. The van der Waals surface area contributed by atoms with Crippen molar-refractivity contribution in [2.24, 2.45) is 0 Å². The summed E-state index contributed by atoms with van der Waals surface area (Å²) < 4.78 is 18.1. The number of imidazole rings is 1. The maximum absolute atomic E-state index is 6.24. The van der Waals surface area contributed by atoms with E-state index in [1.54, 1.807) is 7.11 Å². The summed E-state index contributed by atoms with van der Waals surface area (Å²) >= 11 is 6.24. The Morgan fingerprint density at radius 1 is 1.07 bits per heavy atom. The third-order valence-corrected chi connectivity index (χ3v) is 5.07. The van der Waals surface area contributed by atoms with Crippen LogP contribution in [0.4, 0.5) is 5.82 Å². The van der Waals surface area contributed by atoms with Gasteiger partial charge in [0.05, 0.1) is 12.1 Å². The quantitative estimate of drug-likeness (QED) is 0.504. The van der Waals surface area contributed by atoms with Gasteiger partial charge in [0, 0.05) is 18.3 Å². The summed E-state index contributed by atoms with van der Waals surface area (Å²) in [6, 6.07) is 17.5. The first-order valence-electron chi connectivity index (χ1n) is 9.16. The van der Waals surface area contributed by atoms with Gasteiger partial charge in [0.1, 0.15) is 22.9 Å². The molecule has 29 heavy (non-hydrogen) atoms. The van der Waals surface area contributed by atoms with Crippen molar-refractivity contribution >= 4 is 23.1 Å². The van der Waals surface area contributed by atoms with E-state index >= 15 is 0 Å². The summed E-state index contributed by atoms with van der Waals surface area (Å²) in [7, 11) is 1.65. The molecule has 146 valence electrons. The van der Waals surface area contributed by atoms with Gasteiger partial charge in [0.2, 0.25) is 6.79 Å². The molecule has 0 radical (unpaired) electrons. The lowest BCUT2D eigenvalue weighted by molar-refractivity contribution is 0.174. The van der Waals surface area contributed by atoms with E-state index in [1.165, 1.54) is 0 Å². The molecule has 0 amide bonds. The fourth-order valence-corrected chi connectivity index (χ4v) is 3.54. The zero-order valence-corrected chi connectivity index (χ0v) is 16.4. The number of anilines is 1. The van der Waals surface area contributed by atoms with Crippen LogP contribution in [0.2, 0.25) is 5.02 Å². The summed E-state index contributed by atoms with van der Waals surface area (Å²) in [6.45, 7) is 0.861. The summed E-state index contributed by atoms with van der Waals surface area (Å²) in [6.07, 6.45) is 1.86. The number of nitrogens with one attached hydrogen (secondary N) is 1. The van der Waals surface area contributed by atoms with Crippen molar-refractivity contribution < 1.29 is 14.2 Å². The second-order valence-electron chi connectivity index (χ2n) is 6.65. The average molecular weight is 408 g/mol. The van der Waals surface area contributed by atoms with E-state index in [0.717, 1.165) is 45.5 Å². The molecule has 4 aromatic rings. The number of hydrogen-bond acceptors (Lipinski definition) is 5. The molecule has 6 nitrogen and oxygen atoms in total. The molecule has 0 atom stereocenters. The van der Waals surface area contributed by atoms with Crippen LogP contribution in [0.3, 0.4) is 0 Å². The van der Waals surface area contributed by atoms with Gasteiger partial charge in [-0.05, 0) is 54.1 Å². The minimum atomic E-state index is 0.263. The predicted molar refractivity (Wildman–Crippen MR) is 112 cm³/mol. The minimum absolute atomic E-state index is 0.263. The van der Waals surface area contributed by atoms with Crippen molar-refractivity contribution in [1.82, 2.24) is 9.38 Å². The molecule has 0 saturated heterocycles. The standard InChI is InChI=1S/C22H18ClN3O3/c1-27-17-6-3-15(4-7-17)21-22(26-12-16(23)5-9-20(26)25-21)24-11-14-2-8-18-19(10-14)29-13-28-18/h2-10,12,24H,11,13H2,1H3. The number of rotatable bonds is 5. The largest absolute Gasteiger partial charge is 0.497 e. The Morgan fingerprint density at radius 2 is 1.90 bits per heavy atom. The number of nitrogens with zero attached hydrogens (tertiary/aromatic N) is 2. The highest BCUT2D eigenvalue weighted by molar-refractivity contribution is 6.30. The molecule has 2 aromatic carbocycles. The normalized spacial score (nSPS) is 12.3. The summed E-state index contributed by atoms with van der Waals surface area (Å²) in [5.41, 5.74) is 3.72. The van der Waals surface area contributed by atoms with Crippen molar-refractivity contribution in [3.8, 4) is 28.5 Å². The number of ether oxygens (including phenoxy) is 3. The van der Waals surface area contributed by atoms with E-state index < -0.39 is 0 Å². The van der Waals surface area contributed by atoms with Gasteiger partial charge in [-0.15, -0.1) is 0 Å². The van der Waals surface area contributed by atoms with E-state index in [2.05, 4.69) is 5.32 Å². The molecule has 0 fully saturated rings. The van der Waals surface area contributed by atoms with Crippen LogP contribution in [0.5, 0.6) is 17.2 Å². The van der Waals surface area contributed by atoms with Crippen molar-refractivity contribution in [3.05, 3.63) is 71.4 Å². The van der Waals surface area contributed by atoms with Gasteiger partial charge in [0.25, 0.3) is 0 Å². The van der Waals surface area contributed by atoms with Crippen LogP contribution in [0.15, 0.2) is 60.8 Å². The Hall–Kier alpha value is -3.38. The highest BCUT2D eigenvalue weighted by Gasteiger charge is 2.16. The monoisotopic (exact) mass is 407 g/mol. The van der Waals surface area contributed by atoms with Crippen LogP contribution in [0.25, 0.3) is 16.9 Å². The number of hydrogen-bond donors (Lipinski definition) is 1. The van der Waals surface area contributed by atoms with E-state index in [4.69, 9.17) is 30.8 Å². The molecule has 0 spiro atoms. The van der Waals surface area contributed by atoms with Gasteiger partial charge < -0.3 is 19.5 Å². The lowest BCUT2D eigenvalue weighted by Gasteiger charge is -2.10. The van der Waals surface area contributed by atoms with Gasteiger partial charge in [0.15, 0.2) is 11.5 Å². The van der Waals surface area contributed by atoms with Crippen molar-refractivity contribution in [1.29, 1.82) is 0 Å². The van der Waals surface area contributed by atoms with Gasteiger partial charge in [-0.2, -0.15) is 0 Å². The molecular weight excluding hydrogens is 390 g/mol. The first-order chi connectivity index (χ1) is 14.2. The maximum Gasteiger partial charge on any atom is 0.231 e. The molecule has 1 aliphatic rings. The van der Waals surface area contributed by atoms with Crippen LogP contribution in [-0.4, -0.2) is 23.3 Å². The zero-order valence-electron chi connectivity index (χ0n) is 15.7. The number of pyridine rings is 1. The highest BCUT2D eigenvalue weighted by atomic mass is 35.5. The van der Waals surface area contributed by atoms with Crippen molar-refractivity contribution in [2.45, 2.75) is 6.54 Å². The summed E-state index contributed by atoms with van der Waals surface area (Å²) in [5.74, 6) is 3.20. The molecular formula is C22H18ClN3O3. The highest BCUT2D eigenvalue weighted by Crippen LogP contribution is 2.34. The molecule has 0 aliphatic carbocycles. The molecule has 0 bridgehead atoms. The lowest BCUT2D eigenvalue weighted by Crippen LogP contribution is -2.03. The molecule has 5 rings (SSSR count). The molecule has 0 unspecified atom stereocenters. The first kappa shape index (κ1) is 17.7. The lowest BCUT2D eigenvalue weighted by atomic mass is 10.1. The fraction of sp³-hybridized carbons (Fsp3) is 0.136. The third kappa shape index (κ3) is 3.32. The van der Waals surface area contributed by atoms with Gasteiger partial charge in [-0.1, -0.05) is 17.7 Å². The van der Waals surface area contributed by atoms with Crippen LogP contribution >= 0.6 is 11.6 Å². The zero-order chi connectivity index (χ0) is 19.8. The smallest absolute Gasteiger partial charge is 0.231 e. The third-order valence-electron chi connectivity index (χ3n) is 4.84. The van der Waals surface area contributed by atoms with Crippen LogP contribution in [-0.2, 0) is 6.54 Å². The topological polar surface area (TPSA) is 57.0 Å². The Morgan fingerprint density at radius 3 is 2.72 bits per heavy atom. The summed E-state index contributed by atoms with van der Waals surface area (Å²) in [4.78, 5) is 4.81. The van der Waals surface area contributed by atoms with Gasteiger partial charge in [-0.25, -0.2) is 4.98 Å². The molecule has 0 saturated carbocycles. The van der Waals surface area contributed by atoms with Gasteiger partial charge in [-0.3, -0.25) is 4.40 Å². The Labute approximate surface area is 172 Å². The number of benzene rings is 2. The molecule has 3 heterocycles. The van der Waals surface area contributed by atoms with Crippen LogP contribution < -0.4 is 19.5 Å². The van der Waals surface area contributed by atoms with E-state index in [0.29, 0.717) is 11.6 Å². The van der Waals surface area contributed by atoms with E-state index in [9.17, 15) is 0 Å². The SMILES string of the molecule is COc1ccc(-c2nc3ccc(Cl)cn3c2NCc2ccc3c(c2)OCO3)cc1. The molecule has 2 aromatic heterocycles. The Bertz CT molecular complexity index is 1190. The second kappa shape index (κ2) is 7.22. The second-order valence-corrected chi connectivity index (χ2v) is 7.09. The maximum atomic E-state index is 6.24. The first-order valence-corrected chi connectivity index (χ1v) is 9.53. The summed E-state index contributed by atoms with van der Waals surface area (Å²) in [5, 5.41) is 4.15. The van der Waals surface area contributed by atoms with Crippen LogP contribution in [0.1, 0.15) is 5.56 Å². The van der Waals surface area contributed by atoms with Gasteiger partial charge >= 0.3 is 0 Å². The predicted octanol–water partition coefficient (Wildman–Crippen LogP) is 5.00. The number of halogens is 1. The Kier molecular flexibility index (Phi) is 4.41. The fourth-order valence-electron chi connectivity index (χ4n) is 3.37. The van der Waals surface area contributed by atoms with Crippen LogP contribution in [0, 0.1) is 0 Å². The van der Waals surface area contributed by atoms with Crippen molar-refractivity contribution in [3.63, 3.8) is 0 Å². The number of methoxy groups -OCH3 is 1. The van der Waals surface area contributed by atoms with E-state index in [1.807, 2.05) is 65.2 Å². The van der Waals surface area contributed by atoms with Crippen molar-refractivity contribution in [2.75, 3.05) is 19.2 Å². The molecule has 7 heteroatoms. The number of fused-ring (bicyclic) bond motifs is 2. The Balaban J connectivity index is 1.52. The van der Waals surface area contributed by atoms with E-state index in [-0.39, 0.29) is 6.79 Å². The number of aromatic nitrogens is 2. The average Bonchev–Trinajstić information content (AvgIpc) is 3.36.